The molecule has 1 amide bonds. The standard InChI is InChI=1S/C14H19N3O2S/c1-14(2,3)11(15)12(18)16-7-9-8-19-13(17-9)10-5-4-6-20-10/h4-6,8,11H,7,15H2,1-3H3,(H,16,18)/t11-/m1/s1. The van der Waals surface area contributed by atoms with Gasteiger partial charge < -0.3 is 15.5 Å². The Bertz CT molecular complexity index is 570. The molecule has 0 spiro atoms. The zero-order chi connectivity index (χ0) is 14.8. The van der Waals surface area contributed by atoms with Crippen LogP contribution in [0.15, 0.2) is 28.2 Å². The molecule has 6 heteroatoms. The first-order valence-corrected chi connectivity index (χ1v) is 7.27. The number of nitrogens with zero attached hydrogens (tertiary/aromatic N) is 1. The predicted molar refractivity (Wildman–Crippen MR) is 79.1 cm³/mol. The van der Waals surface area contributed by atoms with E-state index in [0.717, 1.165) is 4.88 Å². The molecular weight excluding hydrogens is 274 g/mol. The van der Waals surface area contributed by atoms with Gasteiger partial charge in [-0.3, -0.25) is 4.79 Å². The molecule has 2 aromatic rings. The summed E-state index contributed by atoms with van der Waals surface area (Å²) in [7, 11) is 0. The van der Waals surface area contributed by atoms with Gasteiger partial charge in [0.25, 0.3) is 0 Å². The van der Waals surface area contributed by atoms with Crippen LogP contribution < -0.4 is 11.1 Å². The molecule has 0 unspecified atom stereocenters. The second-order valence-corrected chi connectivity index (χ2v) is 6.63. The Hall–Kier alpha value is -1.66. The lowest BCUT2D eigenvalue weighted by atomic mass is 9.87. The van der Waals surface area contributed by atoms with Crippen molar-refractivity contribution in [2.75, 3.05) is 0 Å². The van der Waals surface area contributed by atoms with E-state index in [-0.39, 0.29) is 11.3 Å². The number of thiophene rings is 1. The molecular formula is C14H19N3O2S. The number of rotatable bonds is 4. The SMILES string of the molecule is CC(C)(C)[C@H](N)C(=O)NCc1coc(-c2cccs2)n1. The van der Waals surface area contributed by atoms with Gasteiger partial charge in [-0.05, 0) is 16.9 Å². The third kappa shape index (κ3) is 3.46. The highest BCUT2D eigenvalue weighted by atomic mass is 32.1. The Morgan fingerprint density at radius 1 is 1.55 bits per heavy atom. The summed E-state index contributed by atoms with van der Waals surface area (Å²) in [6.07, 6.45) is 1.55. The molecule has 0 aromatic carbocycles. The van der Waals surface area contributed by atoms with Gasteiger partial charge >= 0.3 is 0 Å². The van der Waals surface area contributed by atoms with Crippen molar-refractivity contribution in [3.8, 4) is 10.8 Å². The van der Waals surface area contributed by atoms with E-state index in [1.165, 1.54) is 0 Å². The van der Waals surface area contributed by atoms with Crippen molar-refractivity contribution >= 4 is 17.2 Å². The van der Waals surface area contributed by atoms with Crippen molar-refractivity contribution < 1.29 is 9.21 Å². The van der Waals surface area contributed by atoms with Crippen molar-refractivity contribution in [1.82, 2.24) is 10.3 Å². The average molecular weight is 293 g/mol. The number of nitrogens with two attached hydrogens (primary N) is 1. The highest BCUT2D eigenvalue weighted by Crippen LogP contribution is 2.23. The monoisotopic (exact) mass is 293 g/mol. The topological polar surface area (TPSA) is 81.2 Å². The molecule has 0 radical (unpaired) electrons. The summed E-state index contributed by atoms with van der Waals surface area (Å²) < 4.78 is 5.39. The van der Waals surface area contributed by atoms with Crippen LogP contribution in [0, 0.1) is 5.41 Å². The number of amides is 1. The zero-order valence-electron chi connectivity index (χ0n) is 11.8. The van der Waals surface area contributed by atoms with Gasteiger partial charge in [0.1, 0.15) is 6.26 Å². The minimum absolute atomic E-state index is 0.182. The quantitative estimate of drug-likeness (QED) is 0.907. The number of aromatic nitrogens is 1. The van der Waals surface area contributed by atoms with E-state index in [9.17, 15) is 4.79 Å². The highest BCUT2D eigenvalue weighted by molar-refractivity contribution is 7.13. The van der Waals surface area contributed by atoms with Gasteiger partial charge in [-0.15, -0.1) is 11.3 Å². The first-order valence-electron chi connectivity index (χ1n) is 6.39. The lowest BCUT2D eigenvalue weighted by molar-refractivity contribution is -0.124. The Balaban J connectivity index is 1.94. The molecule has 0 fully saturated rings. The molecule has 0 bridgehead atoms. The minimum Gasteiger partial charge on any atom is -0.443 e. The number of nitrogens with one attached hydrogen (secondary N) is 1. The number of carbonyl (C=O) groups excluding carboxylic acids is 1. The number of oxazole rings is 1. The predicted octanol–water partition coefficient (Wildman–Crippen LogP) is 2.39. The van der Waals surface area contributed by atoms with Crippen LogP contribution in [-0.2, 0) is 11.3 Å². The van der Waals surface area contributed by atoms with Crippen molar-refractivity contribution in [3.63, 3.8) is 0 Å². The third-order valence-electron chi connectivity index (χ3n) is 2.94. The lowest BCUT2D eigenvalue weighted by Crippen LogP contribution is -2.48. The summed E-state index contributed by atoms with van der Waals surface area (Å²) in [6.45, 7) is 6.12. The zero-order valence-corrected chi connectivity index (χ0v) is 12.7. The van der Waals surface area contributed by atoms with Gasteiger partial charge in [0, 0.05) is 0 Å². The molecule has 0 saturated heterocycles. The van der Waals surface area contributed by atoms with Crippen molar-refractivity contribution in [1.29, 1.82) is 0 Å². The molecule has 108 valence electrons. The van der Waals surface area contributed by atoms with E-state index in [4.69, 9.17) is 10.2 Å². The molecule has 20 heavy (non-hydrogen) atoms. The van der Waals surface area contributed by atoms with E-state index in [0.29, 0.717) is 18.1 Å². The van der Waals surface area contributed by atoms with E-state index < -0.39 is 6.04 Å². The second kappa shape index (κ2) is 5.76. The molecule has 2 aromatic heterocycles. The summed E-state index contributed by atoms with van der Waals surface area (Å²) >= 11 is 1.56. The summed E-state index contributed by atoms with van der Waals surface area (Å²) in [5.41, 5.74) is 6.30. The van der Waals surface area contributed by atoms with Gasteiger partial charge in [-0.25, -0.2) is 4.98 Å². The molecule has 3 N–H and O–H groups in total. The van der Waals surface area contributed by atoms with Crippen molar-refractivity contribution in [3.05, 3.63) is 29.5 Å². The van der Waals surface area contributed by atoms with Gasteiger partial charge in [0.2, 0.25) is 11.8 Å². The Labute approximate surface area is 122 Å². The van der Waals surface area contributed by atoms with Crippen LogP contribution >= 0.6 is 11.3 Å². The maximum Gasteiger partial charge on any atom is 0.237 e. The smallest absolute Gasteiger partial charge is 0.237 e. The second-order valence-electron chi connectivity index (χ2n) is 5.68. The lowest BCUT2D eigenvalue weighted by Gasteiger charge is -2.25. The van der Waals surface area contributed by atoms with E-state index in [2.05, 4.69) is 10.3 Å². The molecule has 2 heterocycles. The van der Waals surface area contributed by atoms with Crippen LogP contribution in [-0.4, -0.2) is 16.9 Å². The highest BCUT2D eigenvalue weighted by Gasteiger charge is 2.27. The Morgan fingerprint density at radius 2 is 2.30 bits per heavy atom. The largest absolute Gasteiger partial charge is 0.443 e. The number of hydrogen-bond acceptors (Lipinski definition) is 5. The van der Waals surface area contributed by atoms with Crippen molar-refractivity contribution in [2.24, 2.45) is 11.1 Å². The van der Waals surface area contributed by atoms with Gasteiger partial charge in [0.05, 0.1) is 23.2 Å². The number of hydrogen-bond donors (Lipinski definition) is 2. The summed E-state index contributed by atoms with van der Waals surface area (Å²) in [5.74, 6) is 0.391. The molecule has 0 aliphatic heterocycles. The average Bonchev–Trinajstić information content (AvgIpc) is 3.04. The molecule has 1 atom stereocenters. The molecule has 2 rings (SSSR count). The van der Waals surface area contributed by atoms with Crippen LogP contribution in [0.5, 0.6) is 0 Å². The first-order chi connectivity index (χ1) is 9.38. The Morgan fingerprint density at radius 3 is 2.90 bits per heavy atom. The van der Waals surface area contributed by atoms with Crippen LogP contribution in [0.3, 0.4) is 0 Å². The van der Waals surface area contributed by atoms with E-state index >= 15 is 0 Å². The fourth-order valence-corrected chi connectivity index (χ4v) is 2.24. The molecule has 0 saturated carbocycles. The Kier molecular flexibility index (Phi) is 4.25. The molecule has 0 aliphatic rings. The van der Waals surface area contributed by atoms with Crippen LogP contribution in [0.25, 0.3) is 10.8 Å². The van der Waals surface area contributed by atoms with E-state index in [1.807, 2.05) is 38.3 Å². The normalized spacial score (nSPS) is 13.2. The van der Waals surface area contributed by atoms with Gasteiger partial charge in [-0.1, -0.05) is 26.8 Å². The third-order valence-corrected chi connectivity index (χ3v) is 3.80. The van der Waals surface area contributed by atoms with Crippen LogP contribution in [0.2, 0.25) is 0 Å². The maximum absolute atomic E-state index is 11.9. The van der Waals surface area contributed by atoms with Gasteiger partial charge in [-0.2, -0.15) is 0 Å². The van der Waals surface area contributed by atoms with Crippen molar-refractivity contribution in [2.45, 2.75) is 33.4 Å². The summed E-state index contributed by atoms with van der Waals surface area (Å²) in [5, 5.41) is 4.74. The first kappa shape index (κ1) is 14.7. The fraction of sp³-hybridized carbons (Fsp3) is 0.429. The molecule has 5 nitrogen and oxygen atoms in total. The minimum atomic E-state index is -0.550. The van der Waals surface area contributed by atoms with Gasteiger partial charge in [0.15, 0.2) is 0 Å². The summed E-state index contributed by atoms with van der Waals surface area (Å²) in [6, 6.07) is 3.33. The van der Waals surface area contributed by atoms with E-state index in [1.54, 1.807) is 17.6 Å². The maximum atomic E-state index is 11.9. The number of carbonyl (C=O) groups is 1. The molecule has 0 aliphatic carbocycles. The van der Waals surface area contributed by atoms with Crippen LogP contribution in [0.4, 0.5) is 0 Å². The summed E-state index contributed by atoms with van der Waals surface area (Å²) in [4.78, 5) is 17.2. The fourth-order valence-electron chi connectivity index (χ4n) is 1.58. The van der Waals surface area contributed by atoms with Crippen LogP contribution in [0.1, 0.15) is 26.5 Å².